The summed E-state index contributed by atoms with van der Waals surface area (Å²) in [5.41, 5.74) is 12.4. The first-order valence-electron chi connectivity index (χ1n) is 7.18. The number of aromatic nitrogens is 1. The molecule has 0 aliphatic rings. The van der Waals surface area contributed by atoms with Crippen LogP contribution >= 0.6 is 11.6 Å². The molecule has 1 heterocycles. The predicted molar refractivity (Wildman–Crippen MR) is 96.7 cm³/mol. The van der Waals surface area contributed by atoms with E-state index in [0.29, 0.717) is 22.9 Å². The molecule has 1 amide bonds. The maximum Gasteiger partial charge on any atom is 0.246 e. The van der Waals surface area contributed by atoms with E-state index in [0.717, 1.165) is 5.56 Å². The van der Waals surface area contributed by atoms with E-state index in [1.165, 1.54) is 12.3 Å². The summed E-state index contributed by atoms with van der Waals surface area (Å²) in [6.07, 6.45) is 4.45. The largest absolute Gasteiger partial charge is 0.370 e. The normalized spacial score (nSPS) is 10.6. The quantitative estimate of drug-likeness (QED) is 0.494. The monoisotopic (exact) mass is 343 g/mol. The van der Waals surface area contributed by atoms with E-state index in [2.05, 4.69) is 9.98 Å². The first kappa shape index (κ1) is 17.5. The van der Waals surface area contributed by atoms with Crippen molar-refractivity contribution in [1.29, 1.82) is 0 Å². The molecular weight excluding hydrogens is 326 g/mol. The molecule has 0 bridgehead atoms. The van der Waals surface area contributed by atoms with Gasteiger partial charge in [-0.3, -0.25) is 4.79 Å². The third-order valence-electron chi connectivity index (χ3n) is 3.14. The Morgan fingerprint density at radius 2 is 2.04 bits per heavy atom. The van der Waals surface area contributed by atoms with Crippen LogP contribution in [0.4, 0.5) is 5.82 Å². The minimum Gasteiger partial charge on any atom is -0.370 e. The second kappa shape index (κ2) is 8.12. The highest BCUT2D eigenvalue weighted by molar-refractivity contribution is 6.30. The number of halogens is 1. The van der Waals surface area contributed by atoms with Crippen molar-refractivity contribution >= 4 is 35.4 Å². The zero-order valence-corrected chi connectivity index (χ0v) is 13.9. The summed E-state index contributed by atoms with van der Waals surface area (Å²) in [7, 11) is 1.73. The Labute approximate surface area is 145 Å². The van der Waals surface area contributed by atoms with Crippen molar-refractivity contribution in [2.75, 3.05) is 7.05 Å². The summed E-state index contributed by atoms with van der Waals surface area (Å²) in [6.45, 7) is 0.512. The Balaban J connectivity index is 2.13. The molecule has 0 aliphatic heterocycles. The van der Waals surface area contributed by atoms with E-state index in [1.807, 2.05) is 30.3 Å². The van der Waals surface area contributed by atoms with Crippen molar-refractivity contribution in [3.05, 3.63) is 64.8 Å². The number of guanidine groups is 1. The standard InChI is InChI=1S/C17H18ClN5O/c1-23(11-12-5-3-2-4-6-12)15(24)8-7-13-9-14(18)10-21-16(13)22-17(19)20/h2-10H,11H2,1H3,(H4,19,20,21,22)/b8-7+. The molecule has 1 aromatic carbocycles. The maximum absolute atomic E-state index is 12.2. The Morgan fingerprint density at radius 1 is 1.33 bits per heavy atom. The van der Waals surface area contributed by atoms with Crippen LogP contribution < -0.4 is 11.5 Å². The molecule has 24 heavy (non-hydrogen) atoms. The molecule has 0 aliphatic carbocycles. The number of likely N-dealkylation sites (N-methyl/N-ethyl adjacent to an activating group) is 1. The zero-order valence-electron chi connectivity index (χ0n) is 13.2. The van der Waals surface area contributed by atoms with Crippen LogP contribution in [0.2, 0.25) is 5.02 Å². The van der Waals surface area contributed by atoms with E-state index in [-0.39, 0.29) is 11.9 Å². The molecule has 0 fully saturated rings. The highest BCUT2D eigenvalue weighted by Gasteiger charge is 2.07. The fraction of sp³-hybridized carbons (Fsp3) is 0.118. The second-order valence-corrected chi connectivity index (χ2v) is 5.55. The highest BCUT2D eigenvalue weighted by atomic mass is 35.5. The molecule has 0 radical (unpaired) electrons. The molecule has 124 valence electrons. The minimum atomic E-state index is -0.158. The lowest BCUT2D eigenvalue weighted by molar-refractivity contribution is -0.125. The highest BCUT2D eigenvalue weighted by Crippen LogP contribution is 2.21. The number of hydrogen-bond acceptors (Lipinski definition) is 3. The van der Waals surface area contributed by atoms with E-state index in [1.54, 1.807) is 24.1 Å². The molecule has 0 saturated heterocycles. The number of rotatable bonds is 5. The number of carbonyl (C=O) groups is 1. The van der Waals surface area contributed by atoms with Crippen LogP contribution in [0.1, 0.15) is 11.1 Å². The summed E-state index contributed by atoms with van der Waals surface area (Å²) >= 11 is 5.94. The topological polar surface area (TPSA) is 97.6 Å². The fourth-order valence-corrected chi connectivity index (χ4v) is 2.18. The third-order valence-corrected chi connectivity index (χ3v) is 3.35. The van der Waals surface area contributed by atoms with Crippen LogP contribution in [-0.4, -0.2) is 28.8 Å². The lowest BCUT2D eigenvalue weighted by Crippen LogP contribution is -2.24. The van der Waals surface area contributed by atoms with Crippen molar-refractivity contribution in [2.24, 2.45) is 16.5 Å². The number of nitrogens with two attached hydrogens (primary N) is 2. The number of nitrogens with zero attached hydrogens (tertiary/aromatic N) is 3. The van der Waals surface area contributed by atoms with E-state index in [4.69, 9.17) is 23.1 Å². The van der Waals surface area contributed by atoms with Crippen molar-refractivity contribution in [3.63, 3.8) is 0 Å². The van der Waals surface area contributed by atoms with E-state index >= 15 is 0 Å². The first-order valence-corrected chi connectivity index (χ1v) is 7.56. The lowest BCUT2D eigenvalue weighted by atomic mass is 10.2. The molecule has 1 aromatic heterocycles. The van der Waals surface area contributed by atoms with Gasteiger partial charge in [-0.25, -0.2) is 4.98 Å². The van der Waals surface area contributed by atoms with Gasteiger partial charge in [0.2, 0.25) is 5.91 Å². The van der Waals surface area contributed by atoms with Crippen molar-refractivity contribution in [2.45, 2.75) is 6.54 Å². The number of carbonyl (C=O) groups excluding carboxylic acids is 1. The lowest BCUT2D eigenvalue weighted by Gasteiger charge is -2.15. The molecule has 7 heteroatoms. The summed E-state index contributed by atoms with van der Waals surface area (Å²) in [5, 5.41) is 0.425. The Morgan fingerprint density at radius 3 is 2.71 bits per heavy atom. The molecule has 0 atom stereocenters. The fourth-order valence-electron chi connectivity index (χ4n) is 2.01. The number of pyridine rings is 1. The van der Waals surface area contributed by atoms with E-state index < -0.39 is 0 Å². The molecule has 4 N–H and O–H groups in total. The summed E-state index contributed by atoms with van der Waals surface area (Å²) in [4.78, 5) is 21.8. The van der Waals surface area contributed by atoms with Gasteiger partial charge in [0, 0.05) is 31.4 Å². The Bertz CT molecular complexity index is 770. The SMILES string of the molecule is CN(Cc1ccccc1)C(=O)/C=C/c1cc(Cl)cnc1N=C(N)N. The smallest absolute Gasteiger partial charge is 0.246 e. The average molecular weight is 344 g/mol. The maximum atomic E-state index is 12.2. The number of benzene rings is 1. The Hall–Kier alpha value is -2.86. The van der Waals surface area contributed by atoms with Gasteiger partial charge in [-0.05, 0) is 17.7 Å². The van der Waals surface area contributed by atoms with E-state index in [9.17, 15) is 4.79 Å². The van der Waals surface area contributed by atoms with Gasteiger partial charge in [-0.1, -0.05) is 41.9 Å². The predicted octanol–water partition coefficient (Wildman–Crippen LogP) is 2.31. The van der Waals surface area contributed by atoms with Gasteiger partial charge < -0.3 is 16.4 Å². The van der Waals surface area contributed by atoms with Crippen molar-refractivity contribution in [1.82, 2.24) is 9.88 Å². The number of amides is 1. The third kappa shape index (κ3) is 5.10. The van der Waals surface area contributed by atoms with Crippen LogP contribution in [-0.2, 0) is 11.3 Å². The molecular formula is C17H18ClN5O. The average Bonchev–Trinajstić information content (AvgIpc) is 2.55. The minimum absolute atomic E-state index is 0.119. The van der Waals surface area contributed by atoms with Gasteiger partial charge in [0.25, 0.3) is 0 Å². The van der Waals surface area contributed by atoms with Gasteiger partial charge in [-0.2, -0.15) is 4.99 Å². The van der Waals surface area contributed by atoms with Crippen molar-refractivity contribution in [3.8, 4) is 0 Å². The second-order valence-electron chi connectivity index (χ2n) is 5.12. The van der Waals surface area contributed by atoms with Crippen molar-refractivity contribution < 1.29 is 4.79 Å². The van der Waals surface area contributed by atoms with Gasteiger partial charge in [-0.15, -0.1) is 0 Å². The van der Waals surface area contributed by atoms with Crippen LogP contribution in [0, 0.1) is 0 Å². The Kier molecular flexibility index (Phi) is 5.92. The molecule has 0 unspecified atom stereocenters. The molecule has 2 aromatic rings. The number of aliphatic imine (C=N–C) groups is 1. The van der Waals surface area contributed by atoms with Gasteiger partial charge in [0.15, 0.2) is 11.8 Å². The molecule has 2 rings (SSSR count). The zero-order chi connectivity index (χ0) is 17.5. The molecule has 6 nitrogen and oxygen atoms in total. The number of hydrogen-bond donors (Lipinski definition) is 2. The van der Waals surface area contributed by atoms with Gasteiger partial charge in [0.05, 0.1) is 5.02 Å². The van der Waals surface area contributed by atoms with Gasteiger partial charge in [0.1, 0.15) is 0 Å². The van der Waals surface area contributed by atoms with Crippen LogP contribution in [0.5, 0.6) is 0 Å². The van der Waals surface area contributed by atoms with Gasteiger partial charge >= 0.3 is 0 Å². The summed E-state index contributed by atoms with van der Waals surface area (Å²) in [5.74, 6) is 0.0237. The molecule has 0 saturated carbocycles. The summed E-state index contributed by atoms with van der Waals surface area (Å²) in [6, 6.07) is 11.4. The first-order chi connectivity index (χ1) is 11.5. The van der Waals surface area contributed by atoms with Crippen LogP contribution in [0.3, 0.4) is 0 Å². The van der Waals surface area contributed by atoms with Crippen LogP contribution in [0.25, 0.3) is 6.08 Å². The summed E-state index contributed by atoms with van der Waals surface area (Å²) < 4.78 is 0. The molecule has 0 spiro atoms. The van der Waals surface area contributed by atoms with Crippen LogP contribution in [0.15, 0.2) is 53.7 Å².